The van der Waals surface area contributed by atoms with Gasteiger partial charge in [-0.05, 0) is 13.3 Å². The summed E-state index contributed by atoms with van der Waals surface area (Å²) in [5, 5.41) is 3.57. The number of nitrogens with zero attached hydrogens (tertiary/aromatic N) is 1. The van der Waals surface area contributed by atoms with E-state index >= 15 is 0 Å². The Bertz CT molecular complexity index is 207. The molecule has 0 aromatic heterocycles. The van der Waals surface area contributed by atoms with Gasteiger partial charge in [0.15, 0.2) is 0 Å². The zero-order valence-electron chi connectivity index (χ0n) is 10.4. The van der Waals surface area contributed by atoms with E-state index < -0.39 is 0 Å². The minimum absolute atomic E-state index is 0.270. The molecule has 2 saturated heterocycles. The van der Waals surface area contributed by atoms with Crippen LogP contribution in [0, 0.1) is 0 Å². The van der Waals surface area contributed by atoms with Crippen LogP contribution in [0.15, 0.2) is 0 Å². The molecule has 0 aliphatic carbocycles. The van der Waals surface area contributed by atoms with Gasteiger partial charge in [-0.2, -0.15) is 0 Å². The van der Waals surface area contributed by atoms with Gasteiger partial charge in [0.05, 0.1) is 25.9 Å². The van der Waals surface area contributed by atoms with Crippen molar-refractivity contribution >= 4 is 0 Å². The third-order valence-electron chi connectivity index (χ3n) is 3.60. The van der Waals surface area contributed by atoms with E-state index in [2.05, 4.69) is 24.1 Å². The molecule has 4 heteroatoms. The maximum atomic E-state index is 5.71. The molecule has 0 aromatic carbocycles. The van der Waals surface area contributed by atoms with Crippen molar-refractivity contribution in [1.82, 2.24) is 10.2 Å². The van der Waals surface area contributed by atoms with Gasteiger partial charge in [-0.25, -0.2) is 0 Å². The summed E-state index contributed by atoms with van der Waals surface area (Å²) in [6.07, 6.45) is 1.47. The average Bonchev–Trinajstić information content (AvgIpc) is 2.33. The van der Waals surface area contributed by atoms with E-state index in [1.165, 1.54) is 6.42 Å². The Morgan fingerprint density at radius 2 is 2.25 bits per heavy atom. The Balaban J connectivity index is 1.81. The molecular formula is C12H24N2O2. The van der Waals surface area contributed by atoms with Crippen LogP contribution < -0.4 is 5.32 Å². The zero-order chi connectivity index (χ0) is 11.4. The number of nitrogens with one attached hydrogen (secondary N) is 1. The second kappa shape index (κ2) is 5.96. The monoisotopic (exact) mass is 228 g/mol. The van der Waals surface area contributed by atoms with Gasteiger partial charge in [0.1, 0.15) is 0 Å². The van der Waals surface area contributed by atoms with Gasteiger partial charge in [-0.15, -0.1) is 0 Å². The zero-order valence-corrected chi connectivity index (χ0v) is 10.4. The molecule has 3 unspecified atom stereocenters. The van der Waals surface area contributed by atoms with Gasteiger partial charge in [-0.3, -0.25) is 4.90 Å². The van der Waals surface area contributed by atoms with Gasteiger partial charge < -0.3 is 14.8 Å². The summed E-state index contributed by atoms with van der Waals surface area (Å²) in [6, 6.07) is 1.24. The molecule has 94 valence electrons. The van der Waals surface area contributed by atoms with Gasteiger partial charge in [-0.1, -0.05) is 6.92 Å². The van der Waals surface area contributed by atoms with E-state index in [4.69, 9.17) is 9.47 Å². The topological polar surface area (TPSA) is 33.7 Å². The molecule has 2 aliphatic rings. The predicted octanol–water partition coefficient (Wildman–Crippen LogP) is 0.474. The van der Waals surface area contributed by atoms with E-state index in [1.54, 1.807) is 0 Å². The van der Waals surface area contributed by atoms with E-state index in [-0.39, 0.29) is 6.10 Å². The maximum Gasteiger partial charge on any atom is 0.0936 e. The highest BCUT2D eigenvalue weighted by atomic mass is 16.6. The Morgan fingerprint density at radius 1 is 1.38 bits per heavy atom. The van der Waals surface area contributed by atoms with Crippen LogP contribution in [0.1, 0.15) is 20.3 Å². The molecule has 2 heterocycles. The molecule has 0 radical (unpaired) electrons. The molecular weight excluding hydrogens is 204 g/mol. The summed E-state index contributed by atoms with van der Waals surface area (Å²) in [5.41, 5.74) is 0. The average molecular weight is 228 g/mol. The molecule has 16 heavy (non-hydrogen) atoms. The van der Waals surface area contributed by atoms with E-state index in [0.29, 0.717) is 12.1 Å². The molecule has 0 spiro atoms. The summed E-state index contributed by atoms with van der Waals surface area (Å²) < 4.78 is 11.2. The first-order valence-electron chi connectivity index (χ1n) is 6.46. The lowest BCUT2D eigenvalue weighted by molar-refractivity contribution is -0.102. The molecule has 2 rings (SSSR count). The molecule has 1 N–H and O–H groups in total. The molecule has 2 fully saturated rings. The Labute approximate surface area is 98.3 Å². The van der Waals surface area contributed by atoms with Crippen LogP contribution in [0.25, 0.3) is 0 Å². The van der Waals surface area contributed by atoms with Gasteiger partial charge in [0, 0.05) is 31.7 Å². The third kappa shape index (κ3) is 3.17. The van der Waals surface area contributed by atoms with Crippen LogP contribution in [-0.2, 0) is 9.47 Å². The van der Waals surface area contributed by atoms with E-state index in [9.17, 15) is 0 Å². The second-order valence-electron chi connectivity index (χ2n) is 4.88. The van der Waals surface area contributed by atoms with Crippen LogP contribution in [0.3, 0.4) is 0 Å². The standard InChI is InChI=1S/C12H24N2O2/c1-3-11-7-14(10(2)6-13-11)8-12-9-15-4-5-16-12/h10-13H,3-9H2,1-2H3. The molecule has 4 nitrogen and oxygen atoms in total. The molecule has 0 aromatic rings. The normalized spacial score (nSPS) is 37.5. The first kappa shape index (κ1) is 12.3. The number of piperazine rings is 1. The van der Waals surface area contributed by atoms with Crippen LogP contribution in [-0.4, -0.2) is 62.5 Å². The number of hydrogen-bond acceptors (Lipinski definition) is 4. The Hall–Kier alpha value is -0.160. The summed E-state index contributed by atoms with van der Waals surface area (Å²) >= 11 is 0. The largest absolute Gasteiger partial charge is 0.376 e. The summed E-state index contributed by atoms with van der Waals surface area (Å²) in [6.45, 7) is 10.0. The Kier molecular flexibility index (Phi) is 4.58. The summed E-state index contributed by atoms with van der Waals surface area (Å²) in [4.78, 5) is 2.53. The first-order valence-corrected chi connectivity index (χ1v) is 6.46. The van der Waals surface area contributed by atoms with Crippen LogP contribution >= 0.6 is 0 Å². The van der Waals surface area contributed by atoms with Crippen LogP contribution in [0.4, 0.5) is 0 Å². The van der Waals surface area contributed by atoms with Crippen molar-refractivity contribution in [3.8, 4) is 0 Å². The predicted molar refractivity (Wildman–Crippen MR) is 63.7 cm³/mol. The molecule has 0 bridgehead atoms. The van der Waals surface area contributed by atoms with Crippen LogP contribution in [0.5, 0.6) is 0 Å². The minimum Gasteiger partial charge on any atom is -0.376 e. The van der Waals surface area contributed by atoms with E-state index in [0.717, 1.165) is 39.5 Å². The molecule has 0 saturated carbocycles. The van der Waals surface area contributed by atoms with Crippen molar-refractivity contribution < 1.29 is 9.47 Å². The fourth-order valence-electron chi connectivity index (χ4n) is 2.43. The van der Waals surface area contributed by atoms with Gasteiger partial charge in [0.25, 0.3) is 0 Å². The van der Waals surface area contributed by atoms with Crippen molar-refractivity contribution in [3.05, 3.63) is 0 Å². The molecule has 2 aliphatic heterocycles. The highest BCUT2D eigenvalue weighted by Crippen LogP contribution is 2.12. The first-order chi connectivity index (χ1) is 7.79. The Morgan fingerprint density at radius 3 is 2.94 bits per heavy atom. The fraction of sp³-hybridized carbons (Fsp3) is 1.00. The number of hydrogen-bond donors (Lipinski definition) is 1. The highest BCUT2D eigenvalue weighted by molar-refractivity contribution is 4.84. The lowest BCUT2D eigenvalue weighted by atomic mass is 10.1. The van der Waals surface area contributed by atoms with Crippen molar-refractivity contribution in [3.63, 3.8) is 0 Å². The lowest BCUT2D eigenvalue weighted by Gasteiger charge is -2.40. The van der Waals surface area contributed by atoms with Crippen molar-refractivity contribution in [2.24, 2.45) is 0 Å². The van der Waals surface area contributed by atoms with Gasteiger partial charge in [0.2, 0.25) is 0 Å². The van der Waals surface area contributed by atoms with Crippen molar-refractivity contribution in [1.29, 1.82) is 0 Å². The fourth-order valence-corrected chi connectivity index (χ4v) is 2.43. The third-order valence-corrected chi connectivity index (χ3v) is 3.60. The highest BCUT2D eigenvalue weighted by Gasteiger charge is 2.27. The summed E-state index contributed by atoms with van der Waals surface area (Å²) in [5.74, 6) is 0. The molecule has 0 amide bonds. The second-order valence-corrected chi connectivity index (χ2v) is 4.88. The van der Waals surface area contributed by atoms with Crippen molar-refractivity contribution in [2.75, 3.05) is 39.5 Å². The smallest absolute Gasteiger partial charge is 0.0936 e. The maximum absolute atomic E-state index is 5.71. The molecule has 3 atom stereocenters. The van der Waals surface area contributed by atoms with Gasteiger partial charge >= 0.3 is 0 Å². The van der Waals surface area contributed by atoms with Crippen molar-refractivity contribution in [2.45, 2.75) is 38.5 Å². The number of ether oxygens (including phenoxy) is 2. The van der Waals surface area contributed by atoms with Crippen LogP contribution in [0.2, 0.25) is 0 Å². The summed E-state index contributed by atoms with van der Waals surface area (Å²) in [7, 11) is 0. The minimum atomic E-state index is 0.270. The quantitative estimate of drug-likeness (QED) is 0.761. The number of rotatable bonds is 3. The SMILES string of the molecule is CCC1CN(CC2COCCO2)C(C)CN1. The van der Waals surface area contributed by atoms with E-state index in [1.807, 2.05) is 0 Å². The lowest BCUT2D eigenvalue weighted by Crippen LogP contribution is -2.57.